The van der Waals surface area contributed by atoms with E-state index in [9.17, 15) is 4.79 Å². The van der Waals surface area contributed by atoms with E-state index in [0.29, 0.717) is 16.9 Å². The lowest BCUT2D eigenvalue weighted by atomic mass is 10.1. The summed E-state index contributed by atoms with van der Waals surface area (Å²) < 4.78 is 5.16. The average molecular weight is 230 g/mol. The Morgan fingerprint density at radius 3 is 2.73 bits per heavy atom. The van der Waals surface area contributed by atoms with Crippen molar-refractivity contribution in [2.45, 2.75) is 24.6 Å². The highest BCUT2D eigenvalue weighted by Gasteiger charge is 2.29. The molecule has 0 saturated carbocycles. The number of primary amides is 1. The predicted octanol–water partition coefficient (Wildman–Crippen LogP) is -0.0665. The van der Waals surface area contributed by atoms with Gasteiger partial charge in [0.25, 0.3) is 5.22 Å². The van der Waals surface area contributed by atoms with Gasteiger partial charge in [-0.3, -0.25) is 4.79 Å². The molecule has 1 heterocycles. The van der Waals surface area contributed by atoms with E-state index in [1.165, 1.54) is 11.8 Å². The van der Waals surface area contributed by atoms with Crippen LogP contribution in [0.1, 0.15) is 12.8 Å². The van der Waals surface area contributed by atoms with Crippen LogP contribution in [-0.2, 0) is 4.79 Å². The molecule has 3 N–H and O–H groups in total. The van der Waals surface area contributed by atoms with E-state index in [1.54, 1.807) is 20.9 Å². The van der Waals surface area contributed by atoms with Crippen molar-refractivity contribution in [1.29, 1.82) is 0 Å². The van der Waals surface area contributed by atoms with E-state index < -0.39 is 11.4 Å². The number of likely N-dealkylation sites (N-methyl/N-ethyl adjacent to an activating group) is 1. The molecule has 0 aliphatic carbocycles. The van der Waals surface area contributed by atoms with Crippen LogP contribution in [0, 0.1) is 6.92 Å². The lowest BCUT2D eigenvalue weighted by Crippen LogP contribution is -2.53. The van der Waals surface area contributed by atoms with E-state index in [4.69, 9.17) is 10.2 Å². The second-order valence-corrected chi connectivity index (χ2v) is 4.25. The zero-order valence-corrected chi connectivity index (χ0v) is 9.72. The third-order valence-electron chi connectivity index (χ3n) is 2.09. The molecule has 1 aromatic heterocycles. The number of thioether (sulfide) groups is 1. The minimum atomic E-state index is -0.771. The summed E-state index contributed by atoms with van der Waals surface area (Å²) in [5, 5.41) is 10.8. The predicted molar refractivity (Wildman–Crippen MR) is 56.4 cm³/mol. The smallest absolute Gasteiger partial charge is 0.276 e. The van der Waals surface area contributed by atoms with Crippen LogP contribution in [0.2, 0.25) is 0 Å². The number of amides is 1. The van der Waals surface area contributed by atoms with Crippen molar-refractivity contribution in [3.63, 3.8) is 0 Å². The molecular weight excluding hydrogens is 216 g/mol. The first kappa shape index (κ1) is 12.0. The Labute approximate surface area is 92.0 Å². The third-order valence-corrected chi connectivity index (χ3v) is 3.22. The van der Waals surface area contributed by atoms with Gasteiger partial charge in [0.05, 0.1) is 0 Å². The Hall–Kier alpha value is -1.08. The van der Waals surface area contributed by atoms with E-state index in [2.05, 4.69) is 15.5 Å². The molecule has 1 amide bonds. The van der Waals surface area contributed by atoms with Crippen molar-refractivity contribution in [3.8, 4) is 0 Å². The minimum absolute atomic E-state index is 0.409. The zero-order valence-electron chi connectivity index (χ0n) is 8.90. The third kappa shape index (κ3) is 2.93. The summed E-state index contributed by atoms with van der Waals surface area (Å²) in [5.41, 5.74) is 4.50. The van der Waals surface area contributed by atoms with Gasteiger partial charge in [0.2, 0.25) is 11.8 Å². The van der Waals surface area contributed by atoms with Gasteiger partial charge in [-0.15, -0.1) is 10.2 Å². The van der Waals surface area contributed by atoms with Crippen LogP contribution in [0.25, 0.3) is 0 Å². The number of nitrogens with zero attached hydrogens (tertiary/aromatic N) is 2. The highest BCUT2D eigenvalue weighted by molar-refractivity contribution is 7.99. The van der Waals surface area contributed by atoms with Gasteiger partial charge in [0.15, 0.2) is 0 Å². The number of carbonyl (C=O) groups is 1. The van der Waals surface area contributed by atoms with Gasteiger partial charge in [0.1, 0.15) is 5.54 Å². The number of hydrogen-bond donors (Lipinski definition) is 2. The maximum Gasteiger partial charge on any atom is 0.276 e. The molecule has 1 atom stereocenters. The van der Waals surface area contributed by atoms with E-state index in [-0.39, 0.29) is 0 Å². The first-order valence-electron chi connectivity index (χ1n) is 4.39. The van der Waals surface area contributed by atoms with Gasteiger partial charge in [0, 0.05) is 12.7 Å². The molecule has 0 saturated heterocycles. The SMILES string of the molecule is CNC(C)(CSc1nnc(C)o1)C(N)=O. The maximum atomic E-state index is 11.2. The van der Waals surface area contributed by atoms with Crippen LogP contribution in [0.4, 0.5) is 0 Å². The molecule has 0 aliphatic heterocycles. The van der Waals surface area contributed by atoms with Crippen molar-refractivity contribution in [2.75, 3.05) is 12.8 Å². The van der Waals surface area contributed by atoms with Gasteiger partial charge < -0.3 is 15.5 Å². The fraction of sp³-hybridized carbons (Fsp3) is 0.625. The molecule has 0 radical (unpaired) electrons. The number of rotatable bonds is 5. The Balaban J connectivity index is 2.59. The highest BCUT2D eigenvalue weighted by Crippen LogP contribution is 2.20. The van der Waals surface area contributed by atoms with Gasteiger partial charge >= 0.3 is 0 Å². The van der Waals surface area contributed by atoms with Gasteiger partial charge in [-0.05, 0) is 14.0 Å². The molecule has 0 aromatic carbocycles. The molecule has 6 nitrogen and oxygen atoms in total. The fourth-order valence-electron chi connectivity index (χ4n) is 0.809. The van der Waals surface area contributed by atoms with Gasteiger partial charge in [-0.2, -0.15) is 0 Å². The van der Waals surface area contributed by atoms with Gasteiger partial charge in [-0.25, -0.2) is 0 Å². The van der Waals surface area contributed by atoms with E-state index >= 15 is 0 Å². The fourth-order valence-corrected chi connectivity index (χ4v) is 1.79. The van der Waals surface area contributed by atoms with E-state index in [1.807, 2.05) is 0 Å². The zero-order chi connectivity index (χ0) is 11.5. The lowest BCUT2D eigenvalue weighted by molar-refractivity contribution is -0.122. The van der Waals surface area contributed by atoms with Crippen LogP contribution < -0.4 is 11.1 Å². The molecule has 7 heteroatoms. The number of carbonyl (C=O) groups excluding carboxylic acids is 1. The number of nitrogens with one attached hydrogen (secondary N) is 1. The van der Waals surface area contributed by atoms with Crippen LogP contribution in [0.15, 0.2) is 9.64 Å². The maximum absolute atomic E-state index is 11.2. The normalized spacial score (nSPS) is 14.9. The topological polar surface area (TPSA) is 94.0 Å². The number of aromatic nitrogens is 2. The summed E-state index contributed by atoms with van der Waals surface area (Å²) in [6.45, 7) is 3.44. The molecule has 1 rings (SSSR count). The Bertz CT molecular complexity index is 354. The van der Waals surface area contributed by atoms with Crippen molar-refractivity contribution >= 4 is 17.7 Å². The summed E-state index contributed by atoms with van der Waals surface area (Å²) in [7, 11) is 1.68. The summed E-state index contributed by atoms with van der Waals surface area (Å²) in [6, 6.07) is 0. The van der Waals surface area contributed by atoms with Crippen molar-refractivity contribution in [3.05, 3.63) is 5.89 Å². The van der Waals surface area contributed by atoms with Crippen LogP contribution in [0.5, 0.6) is 0 Å². The quantitative estimate of drug-likeness (QED) is 0.688. The molecular formula is C8H14N4O2S. The molecule has 0 bridgehead atoms. The van der Waals surface area contributed by atoms with Crippen molar-refractivity contribution in [1.82, 2.24) is 15.5 Å². The van der Waals surface area contributed by atoms with Crippen LogP contribution >= 0.6 is 11.8 Å². The van der Waals surface area contributed by atoms with Crippen LogP contribution in [-0.4, -0.2) is 34.4 Å². The van der Waals surface area contributed by atoms with Crippen LogP contribution in [0.3, 0.4) is 0 Å². The number of nitrogens with two attached hydrogens (primary N) is 1. The first-order valence-corrected chi connectivity index (χ1v) is 5.38. The standard InChI is InChI=1S/C8H14N4O2S/c1-5-11-12-7(14-5)15-4-8(2,10-3)6(9)13/h10H,4H2,1-3H3,(H2,9,13). The lowest BCUT2D eigenvalue weighted by Gasteiger charge is -2.23. The molecule has 1 unspecified atom stereocenters. The molecule has 15 heavy (non-hydrogen) atoms. The Kier molecular flexibility index (Phi) is 3.70. The molecule has 0 fully saturated rings. The Morgan fingerprint density at radius 1 is 1.67 bits per heavy atom. The number of aryl methyl sites for hydroxylation is 1. The second-order valence-electron chi connectivity index (χ2n) is 3.32. The largest absolute Gasteiger partial charge is 0.416 e. The highest BCUT2D eigenvalue weighted by atomic mass is 32.2. The summed E-state index contributed by atoms with van der Waals surface area (Å²) in [6.07, 6.45) is 0. The van der Waals surface area contributed by atoms with E-state index in [0.717, 1.165) is 0 Å². The molecule has 0 spiro atoms. The molecule has 84 valence electrons. The second kappa shape index (κ2) is 4.63. The monoisotopic (exact) mass is 230 g/mol. The first-order chi connectivity index (χ1) is 6.98. The summed E-state index contributed by atoms with van der Waals surface area (Å²) in [4.78, 5) is 11.2. The minimum Gasteiger partial charge on any atom is -0.416 e. The molecule has 0 aliphatic rings. The number of hydrogen-bond acceptors (Lipinski definition) is 6. The van der Waals surface area contributed by atoms with Crippen molar-refractivity contribution < 1.29 is 9.21 Å². The van der Waals surface area contributed by atoms with Gasteiger partial charge in [-0.1, -0.05) is 11.8 Å². The molecule has 1 aromatic rings. The summed E-state index contributed by atoms with van der Waals surface area (Å²) in [5.74, 6) is 0.539. The van der Waals surface area contributed by atoms with Crippen molar-refractivity contribution in [2.24, 2.45) is 5.73 Å². The summed E-state index contributed by atoms with van der Waals surface area (Å²) >= 11 is 1.30. The average Bonchev–Trinajstić information content (AvgIpc) is 2.60. The Morgan fingerprint density at radius 2 is 2.33 bits per heavy atom.